The van der Waals surface area contributed by atoms with Crippen molar-refractivity contribution < 1.29 is 73.5 Å². The second kappa shape index (κ2) is 25.7. The van der Waals surface area contributed by atoms with E-state index in [0.717, 1.165) is 70.2 Å². The van der Waals surface area contributed by atoms with Gasteiger partial charge in [-0.25, -0.2) is 9.59 Å². The van der Waals surface area contributed by atoms with Crippen LogP contribution in [0.25, 0.3) is 0 Å². The second-order valence-electron chi connectivity index (χ2n) is 17.2. The summed E-state index contributed by atoms with van der Waals surface area (Å²) in [5.74, 6) is -0.465. The Morgan fingerprint density at radius 2 is 0.781 bits per heavy atom. The lowest BCUT2D eigenvalue weighted by atomic mass is 10.1. The minimum Gasteiger partial charge on any atom is -0.508 e. The molecular weight excluding hydrogens is 974 g/mol. The Balaban J connectivity index is 0.000000240. The van der Waals surface area contributed by atoms with Gasteiger partial charge in [0.25, 0.3) is 0 Å². The minimum atomic E-state index is -4.33. The number of aromatic hydroxyl groups is 1. The molecule has 0 heterocycles. The standard InChI is InChI=1S/C20H22F3NO3.C19H20F3NO3.C15H14F3NO/c1-19(2,18(25)26-3)27-17-6-4-5-16(13-17)24-12-11-14-7-9-15(10-8-14)20(21,22)23;1-18(2,17(24)25)26-16-5-3-4-15(12-16)23-11-10-13-6-8-14(9-7-13)19(20,21)22;16-15(17,18)12-6-4-11(5-7-12)8-9-19-13-2-1-3-14(20)10-13/h4-10,13,24H,11-12H2,1-3H3;3-9,12,23H,10-11H2,1-2H3,(H,24,25);1-7,10,19-20H,8-9H2. The number of carboxylic acids is 1. The van der Waals surface area contributed by atoms with E-state index in [1.54, 1.807) is 74.5 Å². The first-order valence-corrected chi connectivity index (χ1v) is 22.5. The predicted octanol–water partition coefficient (Wildman–Crippen LogP) is 13.4. The maximum absolute atomic E-state index is 12.6. The average molecular weight is 1030 g/mol. The van der Waals surface area contributed by atoms with Crippen LogP contribution in [0.1, 0.15) is 61.1 Å². The lowest BCUT2D eigenvalue weighted by Crippen LogP contribution is -2.39. The molecule has 0 aliphatic heterocycles. The third kappa shape index (κ3) is 19.9. The van der Waals surface area contributed by atoms with Gasteiger partial charge in [-0.15, -0.1) is 0 Å². The minimum absolute atomic E-state index is 0.171. The lowest BCUT2D eigenvalue weighted by Gasteiger charge is -2.23. The van der Waals surface area contributed by atoms with Crippen LogP contribution < -0.4 is 25.4 Å². The molecule has 0 aliphatic rings. The van der Waals surface area contributed by atoms with Crippen molar-refractivity contribution in [1.29, 1.82) is 0 Å². The van der Waals surface area contributed by atoms with E-state index < -0.39 is 58.4 Å². The van der Waals surface area contributed by atoms with Gasteiger partial charge in [0, 0.05) is 54.9 Å². The fourth-order valence-corrected chi connectivity index (χ4v) is 6.51. The van der Waals surface area contributed by atoms with E-state index in [-0.39, 0.29) is 5.75 Å². The number of carbonyl (C=O) groups excluding carboxylic acids is 1. The van der Waals surface area contributed by atoms with Crippen molar-refractivity contribution in [1.82, 2.24) is 0 Å². The highest BCUT2D eigenvalue weighted by molar-refractivity contribution is 5.79. The molecule has 0 fully saturated rings. The van der Waals surface area contributed by atoms with Crippen LogP contribution in [-0.2, 0) is 52.1 Å². The van der Waals surface area contributed by atoms with Crippen LogP contribution in [0.2, 0.25) is 0 Å². The number of anilines is 3. The van der Waals surface area contributed by atoms with Gasteiger partial charge in [0.15, 0.2) is 11.2 Å². The first-order valence-electron chi connectivity index (χ1n) is 22.5. The third-order valence-corrected chi connectivity index (χ3v) is 10.5. The number of hydrogen-bond acceptors (Lipinski definition) is 9. The van der Waals surface area contributed by atoms with Crippen molar-refractivity contribution in [2.75, 3.05) is 42.7 Å². The van der Waals surface area contributed by atoms with Crippen LogP contribution >= 0.6 is 0 Å². The number of methoxy groups -OCH3 is 1. The Labute approximate surface area is 417 Å². The first kappa shape index (κ1) is 58.0. The van der Waals surface area contributed by atoms with Gasteiger partial charge in [0.05, 0.1) is 23.8 Å². The number of alkyl halides is 9. The third-order valence-electron chi connectivity index (χ3n) is 10.5. The highest BCUT2D eigenvalue weighted by Gasteiger charge is 2.33. The predicted molar refractivity (Wildman–Crippen MR) is 261 cm³/mol. The summed E-state index contributed by atoms with van der Waals surface area (Å²) in [7, 11) is 1.30. The molecule has 0 saturated carbocycles. The monoisotopic (exact) mass is 1030 g/mol. The number of aliphatic carboxylic acids is 1. The molecule has 392 valence electrons. The van der Waals surface area contributed by atoms with Gasteiger partial charge < -0.3 is 40.4 Å². The number of carboxylic acid groups (broad SMARTS) is 1. The van der Waals surface area contributed by atoms with Crippen LogP contribution in [0.4, 0.5) is 56.6 Å². The zero-order valence-electron chi connectivity index (χ0n) is 40.4. The van der Waals surface area contributed by atoms with Crippen molar-refractivity contribution in [3.05, 3.63) is 179 Å². The maximum atomic E-state index is 12.6. The number of halogens is 9. The summed E-state index contributed by atoms with van der Waals surface area (Å²) in [6, 6.07) is 35.9. The highest BCUT2D eigenvalue weighted by Crippen LogP contribution is 2.32. The summed E-state index contributed by atoms with van der Waals surface area (Å²) in [4.78, 5) is 22.8. The number of phenols is 1. The first-order chi connectivity index (χ1) is 34.1. The summed E-state index contributed by atoms with van der Waals surface area (Å²) < 4.78 is 128. The molecule has 0 amide bonds. The number of rotatable bonds is 18. The average Bonchev–Trinajstić information content (AvgIpc) is 3.31. The Morgan fingerprint density at radius 3 is 1.08 bits per heavy atom. The Hall–Kier alpha value is -7.57. The molecule has 0 saturated heterocycles. The number of carbonyl (C=O) groups is 2. The van der Waals surface area contributed by atoms with Crippen molar-refractivity contribution >= 4 is 29.0 Å². The largest absolute Gasteiger partial charge is 0.508 e. The van der Waals surface area contributed by atoms with E-state index in [2.05, 4.69) is 16.0 Å². The second-order valence-corrected chi connectivity index (χ2v) is 17.2. The van der Waals surface area contributed by atoms with Crippen LogP contribution in [0.15, 0.2) is 146 Å². The fraction of sp³-hybridized carbons (Fsp3) is 0.296. The summed E-state index contributed by atoms with van der Waals surface area (Å²) in [5.41, 5.74) is 0.268. The van der Waals surface area contributed by atoms with Gasteiger partial charge in [-0.1, -0.05) is 54.6 Å². The molecule has 0 aliphatic carbocycles. The topological polar surface area (TPSA) is 138 Å². The lowest BCUT2D eigenvalue weighted by molar-refractivity contribution is -0.156. The normalized spacial score (nSPS) is 11.7. The van der Waals surface area contributed by atoms with Gasteiger partial charge in [-0.2, -0.15) is 39.5 Å². The fourth-order valence-electron chi connectivity index (χ4n) is 6.51. The van der Waals surface area contributed by atoms with Gasteiger partial charge in [0.2, 0.25) is 0 Å². The Morgan fingerprint density at radius 1 is 0.466 bits per heavy atom. The molecule has 10 nitrogen and oxygen atoms in total. The van der Waals surface area contributed by atoms with Gasteiger partial charge in [0.1, 0.15) is 17.2 Å². The van der Waals surface area contributed by atoms with E-state index in [0.29, 0.717) is 50.4 Å². The van der Waals surface area contributed by atoms with E-state index in [1.165, 1.54) is 57.4 Å². The number of nitrogens with one attached hydrogen (secondary N) is 3. The smallest absolute Gasteiger partial charge is 0.416 e. The zero-order chi connectivity index (χ0) is 54.0. The zero-order valence-corrected chi connectivity index (χ0v) is 40.4. The van der Waals surface area contributed by atoms with E-state index >= 15 is 0 Å². The van der Waals surface area contributed by atoms with Crippen molar-refractivity contribution in [3.8, 4) is 17.2 Å². The maximum Gasteiger partial charge on any atom is 0.416 e. The van der Waals surface area contributed by atoms with Crippen molar-refractivity contribution in [3.63, 3.8) is 0 Å². The number of hydrogen-bond donors (Lipinski definition) is 5. The molecule has 19 heteroatoms. The summed E-state index contributed by atoms with van der Waals surface area (Å²) >= 11 is 0. The molecule has 6 rings (SSSR count). The van der Waals surface area contributed by atoms with Gasteiger partial charge in [-0.3, -0.25) is 0 Å². The van der Waals surface area contributed by atoms with Crippen molar-refractivity contribution in [2.24, 2.45) is 0 Å². The van der Waals surface area contributed by atoms with E-state index in [1.807, 2.05) is 12.1 Å². The quantitative estimate of drug-likeness (QED) is 0.0418. The molecule has 0 aromatic heterocycles. The van der Waals surface area contributed by atoms with Crippen LogP contribution in [-0.4, -0.2) is 60.1 Å². The highest BCUT2D eigenvalue weighted by atomic mass is 19.4. The number of benzene rings is 6. The molecule has 6 aromatic carbocycles. The molecule has 0 bridgehead atoms. The SMILES string of the molecule is CC(C)(Oc1cccc(NCCc2ccc(C(F)(F)F)cc2)c1)C(=O)O.COC(=O)C(C)(C)Oc1cccc(NCCc2ccc(C(F)(F)F)cc2)c1.Oc1cccc(NCCc2ccc(C(F)(F)F)cc2)c1. The van der Waals surface area contributed by atoms with Crippen LogP contribution in [0, 0.1) is 0 Å². The molecule has 0 unspecified atom stereocenters. The number of ether oxygens (including phenoxy) is 3. The summed E-state index contributed by atoms with van der Waals surface area (Å²) in [5, 5.41) is 27.8. The van der Waals surface area contributed by atoms with Crippen molar-refractivity contribution in [2.45, 2.75) is 76.7 Å². The van der Waals surface area contributed by atoms with Gasteiger partial charge in [-0.05, 0) is 136 Å². The van der Waals surface area contributed by atoms with E-state index in [9.17, 15) is 54.2 Å². The molecule has 5 N–H and O–H groups in total. The van der Waals surface area contributed by atoms with Crippen LogP contribution in [0.5, 0.6) is 17.2 Å². The summed E-state index contributed by atoms with van der Waals surface area (Å²) in [6.07, 6.45) is -11.2. The molecule has 0 spiro atoms. The van der Waals surface area contributed by atoms with E-state index in [4.69, 9.17) is 19.3 Å². The summed E-state index contributed by atoms with van der Waals surface area (Å²) in [6.45, 7) is 7.77. The Bertz CT molecular complexity index is 2670. The van der Waals surface area contributed by atoms with Gasteiger partial charge >= 0.3 is 30.5 Å². The Kier molecular flexibility index (Phi) is 20.4. The van der Waals surface area contributed by atoms with Crippen LogP contribution in [0.3, 0.4) is 0 Å². The molecule has 0 radical (unpaired) electrons. The molecular formula is C54H56F9N3O7. The number of esters is 1. The molecule has 6 aromatic rings. The molecule has 0 atom stereocenters. The molecule has 73 heavy (non-hydrogen) atoms. The number of phenolic OH excluding ortho intramolecular Hbond substituents is 1.